The zero-order valence-corrected chi connectivity index (χ0v) is 14.5. The topological polar surface area (TPSA) is 102 Å². The van der Waals surface area contributed by atoms with Crippen molar-refractivity contribution in [2.75, 3.05) is 7.05 Å². The molecule has 0 aliphatic carbocycles. The highest BCUT2D eigenvalue weighted by atomic mass is 35.5. The number of non-ortho nitro benzene ring substituents is 1. The van der Waals surface area contributed by atoms with Crippen LogP contribution in [0.5, 0.6) is 0 Å². The number of nitro groups is 1. The van der Waals surface area contributed by atoms with Crippen LogP contribution in [0.2, 0.25) is 5.02 Å². The van der Waals surface area contributed by atoms with Crippen LogP contribution >= 0.6 is 22.9 Å². The van der Waals surface area contributed by atoms with Gasteiger partial charge in [-0.25, -0.2) is 0 Å². The number of halogens is 1. The van der Waals surface area contributed by atoms with Gasteiger partial charge in [-0.3, -0.25) is 14.9 Å². The molecule has 0 aliphatic heterocycles. The van der Waals surface area contributed by atoms with Crippen LogP contribution in [0.1, 0.15) is 16.2 Å². The maximum Gasteiger partial charge on any atom is 0.270 e. The molecule has 0 saturated heterocycles. The normalized spacial score (nSPS) is 10.6. The molecule has 0 radical (unpaired) electrons. The summed E-state index contributed by atoms with van der Waals surface area (Å²) in [4.78, 5) is 29.2. The molecule has 1 amide bonds. The molecule has 0 saturated carbocycles. The van der Waals surface area contributed by atoms with Crippen molar-refractivity contribution in [1.82, 2.24) is 15.0 Å². The van der Waals surface area contributed by atoms with E-state index in [1.807, 2.05) is 17.5 Å². The molecule has 0 aliphatic rings. The summed E-state index contributed by atoms with van der Waals surface area (Å²) in [6.07, 6.45) is 0. The van der Waals surface area contributed by atoms with Gasteiger partial charge < -0.3 is 9.42 Å². The predicted octanol–water partition coefficient (Wildman–Crippen LogP) is 3.63. The molecule has 10 heteroatoms. The van der Waals surface area contributed by atoms with Gasteiger partial charge in [-0.15, -0.1) is 11.3 Å². The van der Waals surface area contributed by atoms with Gasteiger partial charge in [0.25, 0.3) is 11.6 Å². The number of rotatable bonds is 5. The van der Waals surface area contributed by atoms with E-state index in [0.29, 0.717) is 5.82 Å². The second-order valence-corrected chi connectivity index (χ2v) is 6.43. The Morgan fingerprint density at radius 1 is 1.44 bits per heavy atom. The maximum absolute atomic E-state index is 12.5. The number of nitrogens with zero attached hydrogens (tertiary/aromatic N) is 4. The van der Waals surface area contributed by atoms with E-state index in [4.69, 9.17) is 16.1 Å². The summed E-state index contributed by atoms with van der Waals surface area (Å²) in [6.45, 7) is 0.0518. The fourth-order valence-corrected chi connectivity index (χ4v) is 2.94. The first-order valence-electron chi connectivity index (χ1n) is 7.01. The van der Waals surface area contributed by atoms with Crippen molar-refractivity contribution >= 4 is 34.5 Å². The zero-order chi connectivity index (χ0) is 18.0. The molecule has 0 bridgehead atoms. The average molecular weight is 379 g/mol. The number of nitro benzene ring substituents is 1. The summed E-state index contributed by atoms with van der Waals surface area (Å²) in [6, 6.07) is 7.44. The van der Waals surface area contributed by atoms with Crippen LogP contribution in [0.3, 0.4) is 0 Å². The van der Waals surface area contributed by atoms with E-state index in [1.54, 1.807) is 0 Å². The van der Waals surface area contributed by atoms with Gasteiger partial charge in [-0.1, -0.05) is 22.8 Å². The first-order valence-corrected chi connectivity index (χ1v) is 8.27. The molecule has 1 aromatic carbocycles. The Bertz CT molecular complexity index is 926. The summed E-state index contributed by atoms with van der Waals surface area (Å²) in [5, 5.41) is 16.8. The predicted molar refractivity (Wildman–Crippen MR) is 91.5 cm³/mol. The Kier molecular flexibility index (Phi) is 4.77. The highest BCUT2D eigenvalue weighted by molar-refractivity contribution is 7.13. The van der Waals surface area contributed by atoms with Gasteiger partial charge in [0.15, 0.2) is 0 Å². The molecule has 8 nitrogen and oxygen atoms in total. The number of thiophene rings is 1. The number of benzene rings is 1. The first kappa shape index (κ1) is 17.1. The molecule has 0 unspecified atom stereocenters. The van der Waals surface area contributed by atoms with E-state index in [0.717, 1.165) is 10.9 Å². The van der Waals surface area contributed by atoms with Crippen molar-refractivity contribution in [1.29, 1.82) is 0 Å². The SMILES string of the molecule is CN(Cc1nc(-c2cccs2)no1)C(=O)c1cc([N+](=O)[O-])ccc1Cl. The Hall–Kier alpha value is -2.78. The third-order valence-corrected chi connectivity index (χ3v) is 4.52. The number of carbonyl (C=O) groups excluding carboxylic acids is 1. The van der Waals surface area contributed by atoms with E-state index >= 15 is 0 Å². The van der Waals surface area contributed by atoms with Crippen LogP contribution in [0.4, 0.5) is 5.69 Å². The summed E-state index contributed by atoms with van der Waals surface area (Å²) >= 11 is 7.47. The number of hydrogen-bond donors (Lipinski definition) is 0. The summed E-state index contributed by atoms with van der Waals surface area (Å²) in [5.74, 6) is 0.213. The van der Waals surface area contributed by atoms with Crippen molar-refractivity contribution in [2.24, 2.45) is 0 Å². The third-order valence-electron chi connectivity index (χ3n) is 3.32. The Morgan fingerprint density at radius 3 is 2.92 bits per heavy atom. The van der Waals surface area contributed by atoms with Crippen molar-refractivity contribution in [3.05, 3.63) is 62.3 Å². The van der Waals surface area contributed by atoms with E-state index in [-0.39, 0.29) is 28.7 Å². The van der Waals surface area contributed by atoms with Gasteiger partial charge in [0.1, 0.15) is 0 Å². The molecule has 2 aromatic heterocycles. The minimum Gasteiger partial charge on any atom is -0.337 e. The molecule has 2 heterocycles. The maximum atomic E-state index is 12.5. The summed E-state index contributed by atoms with van der Waals surface area (Å²) < 4.78 is 5.15. The van der Waals surface area contributed by atoms with Crippen LogP contribution < -0.4 is 0 Å². The van der Waals surface area contributed by atoms with Gasteiger partial charge in [0, 0.05) is 19.2 Å². The number of amides is 1. The van der Waals surface area contributed by atoms with Gasteiger partial charge in [-0.2, -0.15) is 4.98 Å². The molecular weight excluding hydrogens is 368 g/mol. The fraction of sp³-hybridized carbons (Fsp3) is 0.133. The quantitative estimate of drug-likeness (QED) is 0.496. The van der Waals surface area contributed by atoms with Crippen LogP contribution in [0.25, 0.3) is 10.7 Å². The molecule has 0 atom stereocenters. The molecule has 128 valence electrons. The number of hydrogen-bond acceptors (Lipinski definition) is 7. The molecule has 0 spiro atoms. The average Bonchev–Trinajstić information content (AvgIpc) is 3.25. The minimum atomic E-state index is -0.585. The van der Waals surface area contributed by atoms with Gasteiger partial charge >= 0.3 is 0 Å². The van der Waals surface area contributed by atoms with Crippen molar-refractivity contribution in [3.8, 4) is 10.7 Å². The van der Waals surface area contributed by atoms with E-state index in [9.17, 15) is 14.9 Å². The highest BCUT2D eigenvalue weighted by Gasteiger charge is 2.21. The van der Waals surface area contributed by atoms with Crippen LogP contribution in [0, 0.1) is 10.1 Å². The molecular formula is C15H11ClN4O4S. The summed E-state index contributed by atoms with van der Waals surface area (Å²) in [7, 11) is 1.52. The highest BCUT2D eigenvalue weighted by Crippen LogP contribution is 2.24. The Morgan fingerprint density at radius 2 is 2.24 bits per heavy atom. The van der Waals surface area contributed by atoms with Gasteiger partial charge in [0.05, 0.1) is 26.9 Å². The van der Waals surface area contributed by atoms with Crippen LogP contribution in [0.15, 0.2) is 40.2 Å². The molecule has 25 heavy (non-hydrogen) atoms. The van der Waals surface area contributed by atoms with Crippen LogP contribution in [-0.4, -0.2) is 32.9 Å². The molecule has 3 aromatic rings. The van der Waals surface area contributed by atoms with E-state index in [2.05, 4.69) is 10.1 Å². The van der Waals surface area contributed by atoms with E-state index < -0.39 is 10.8 Å². The largest absolute Gasteiger partial charge is 0.337 e. The Labute approximate surface area is 150 Å². The lowest BCUT2D eigenvalue weighted by Crippen LogP contribution is -2.26. The minimum absolute atomic E-state index is 0.0383. The lowest BCUT2D eigenvalue weighted by atomic mass is 10.1. The zero-order valence-electron chi connectivity index (χ0n) is 12.9. The van der Waals surface area contributed by atoms with Crippen molar-refractivity contribution in [3.63, 3.8) is 0 Å². The molecule has 0 fully saturated rings. The standard InChI is InChI=1S/C15H11ClN4O4S/c1-19(8-13-17-14(18-24-13)12-3-2-6-25-12)15(21)10-7-9(20(22)23)4-5-11(10)16/h2-7H,8H2,1H3. The second-order valence-electron chi connectivity index (χ2n) is 5.07. The van der Waals surface area contributed by atoms with Gasteiger partial charge in [0.2, 0.25) is 11.7 Å². The molecule has 0 N–H and O–H groups in total. The number of aromatic nitrogens is 2. The summed E-state index contributed by atoms with van der Waals surface area (Å²) in [5.41, 5.74) is -0.171. The number of carbonyl (C=O) groups is 1. The van der Waals surface area contributed by atoms with Crippen molar-refractivity contribution < 1.29 is 14.2 Å². The van der Waals surface area contributed by atoms with E-state index in [1.165, 1.54) is 35.4 Å². The second kappa shape index (κ2) is 6.99. The lowest BCUT2D eigenvalue weighted by molar-refractivity contribution is -0.384. The Balaban J connectivity index is 1.77. The first-order chi connectivity index (χ1) is 12.0. The fourth-order valence-electron chi connectivity index (χ4n) is 2.10. The smallest absolute Gasteiger partial charge is 0.270 e. The third kappa shape index (κ3) is 3.67. The lowest BCUT2D eigenvalue weighted by Gasteiger charge is -2.15. The van der Waals surface area contributed by atoms with Crippen LogP contribution in [-0.2, 0) is 6.54 Å². The van der Waals surface area contributed by atoms with Gasteiger partial charge in [-0.05, 0) is 17.5 Å². The monoisotopic (exact) mass is 378 g/mol. The van der Waals surface area contributed by atoms with Crippen molar-refractivity contribution in [2.45, 2.75) is 6.54 Å². The molecule has 3 rings (SSSR count).